The van der Waals surface area contributed by atoms with Gasteiger partial charge in [-0.3, -0.25) is 4.79 Å². The highest BCUT2D eigenvalue weighted by atomic mass is 16.1. The fourth-order valence-electron chi connectivity index (χ4n) is 2.33. The minimum absolute atomic E-state index is 0.181. The van der Waals surface area contributed by atoms with Crippen LogP contribution in [0.25, 0.3) is 0 Å². The number of carbonyl (C=O) groups excluding carboxylic acids is 1. The summed E-state index contributed by atoms with van der Waals surface area (Å²) in [5.41, 5.74) is 1.63. The number of piperidine rings is 1. The number of nitrogens with zero attached hydrogens (tertiary/aromatic N) is 2. The van der Waals surface area contributed by atoms with E-state index >= 15 is 0 Å². The fourth-order valence-corrected chi connectivity index (χ4v) is 2.33. The summed E-state index contributed by atoms with van der Waals surface area (Å²) in [4.78, 5) is 18.6. The van der Waals surface area contributed by atoms with Crippen LogP contribution in [0.5, 0.6) is 0 Å². The lowest BCUT2D eigenvalue weighted by molar-refractivity contribution is 0.0987. The Labute approximate surface area is 103 Å². The van der Waals surface area contributed by atoms with Gasteiger partial charge in [-0.05, 0) is 38.3 Å². The van der Waals surface area contributed by atoms with Gasteiger partial charge in [0.25, 0.3) is 0 Å². The lowest BCUT2D eigenvalue weighted by Gasteiger charge is -2.28. The molecule has 2 rings (SSSR count). The summed E-state index contributed by atoms with van der Waals surface area (Å²) in [7, 11) is 0. The second kappa shape index (κ2) is 5.30. The first kappa shape index (κ1) is 12.1. The zero-order chi connectivity index (χ0) is 12.3. The molecule has 0 saturated carbocycles. The summed E-state index contributed by atoms with van der Waals surface area (Å²) < 4.78 is 0. The zero-order valence-electron chi connectivity index (χ0n) is 10.7. The highest BCUT2D eigenvalue weighted by Gasteiger charge is 2.14. The highest BCUT2D eigenvalue weighted by molar-refractivity contribution is 5.96. The van der Waals surface area contributed by atoms with Gasteiger partial charge >= 0.3 is 0 Å². The SMILES string of the molecule is CCC(=O)c1ccc(N2CCCCC2)nc1C. The van der Waals surface area contributed by atoms with Gasteiger partial charge in [0.15, 0.2) is 5.78 Å². The molecular formula is C14H20N2O. The van der Waals surface area contributed by atoms with Crippen molar-refractivity contribution in [3.05, 3.63) is 23.4 Å². The molecule has 2 heterocycles. The average molecular weight is 232 g/mol. The Morgan fingerprint density at radius 1 is 1.29 bits per heavy atom. The van der Waals surface area contributed by atoms with Gasteiger partial charge in [-0.1, -0.05) is 6.92 Å². The summed E-state index contributed by atoms with van der Waals surface area (Å²) in [5.74, 6) is 1.20. The van der Waals surface area contributed by atoms with Crippen molar-refractivity contribution >= 4 is 11.6 Å². The quantitative estimate of drug-likeness (QED) is 0.751. The number of pyridine rings is 1. The number of anilines is 1. The first-order valence-electron chi connectivity index (χ1n) is 6.48. The topological polar surface area (TPSA) is 33.2 Å². The molecule has 0 radical (unpaired) electrons. The summed E-state index contributed by atoms with van der Waals surface area (Å²) in [6, 6.07) is 3.92. The number of Topliss-reactive ketones (excluding diaryl/α,β-unsaturated/α-hetero) is 1. The van der Waals surface area contributed by atoms with Gasteiger partial charge in [0.05, 0.1) is 5.69 Å². The van der Waals surface area contributed by atoms with Gasteiger partial charge in [-0.2, -0.15) is 0 Å². The minimum Gasteiger partial charge on any atom is -0.357 e. The predicted octanol–water partition coefficient (Wildman–Crippen LogP) is 2.97. The van der Waals surface area contributed by atoms with E-state index in [2.05, 4.69) is 9.88 Å². The molecule has 3 nitrogen and oxygen atoms in total. The first-order valence-corrected chi connectivity index (χ1v) is 6.48. The number of rotatable bonds is 3. The van der Waals surface area contributed by atoms with E-state index in [0.29, 0.717) is 6.42 Å². The fraction of sp³-hybridized carbons (Fsp3) is 0.571. The van der Waals surface area contributed by atoms with Crippen molar-refractivity contribution < 1.29 is 4.79 Å². The molecule has 0 aromatic carbocycles. The van der Waals surface area contributed by atoms with Crippen molar-refractivity contribution in [2.45, 2.75) is 39.5 Å². The molecule has 1 aliphatic rings. The summed E-state index contributed by atoms with van der Waals surface area (Å²) >= 11 is 0. The Kier molecular flexibility index (Phi) is 3.77. The molecule has 0 N–H and O–H groups in total. The molecule has 1 aliphatic heterocycles. The largest absolute Gasteiger partial charge is 0.357 e. The van der Waals surface area contributed by atoms with E-state index in [4.69, 9.17) is 0 Å². The van der Waals surface area contributed by atoms with Crippen LogP contribution in [0.15, 0.2) is 12.1 Å². The predicted molar refractivity (Wildman–Crippen MR) is 69.7 cm³/mol. The molecule has 0 amide bonds. The van der Waals surface area contributed by atoms with Crippen molar-refractivity contribution in [2.75, 3.05) is 18.0 Å². The standard InChI is InChI=1S/C14H20N2O/c1-3-13(17)12-7-8-14(15-11(12)2)16-9-5-4-6-10-16/h7-8H,3-6,9-10H2,1-2H3. The van der Waals surface area contributed by atoms with Crippen molar-refractivity contribution in [3.8, 4) is 0 Å². The van der Waals surface area contributed by atoms with E-state index in [0.717, 1.165) is 30.2 Å². The Balaban J connectivity index is 2.20. The Morgan fingerprint density at radius 2 is 2.00 bits per heavy atom. The van der Waals surface area contributed by atoms with Gasteiger partial charge in [-0.15, -0.1) is 0 Å². The molecule has 1 fully saturated rings. The molecule has 0 spiro atoms. The van der Waals surface area contributed by atoms with E-state index in [9.17, 15) is 4.79 Å². The van der Waals surface area contributed by atoms with Gasteiger partial charge in [0.1, 0.15) is 5.82 Å². The van der Waals surface area contributed by atoms with Crippen LogP contribution in [0.4, 0.5) is 5.82 Å². The van der Waals surface area contributed by atoms with E-state index in [1.54, 1.807) is 0 Å². The molecule has 3 heteroatoms. The molecule has 1 saturated heterocycles. The highest BCUT2D eigenvalue weighted by Crippen LogP contribution is 2.20. The third-order valence-corrected chi connectivity index (χ3v) is 3.37. The summed E-state index contributed by atoms with van der Waals surface area (Å²) in [6.07, 6.45) is 4.36. The first-order chi connectivity index (χ1) is 8.22. The zero-order valence-corrected chi connectivity index (χ0v) is 10.7. The van der Waals surface area contributed by atoms with E-state index in [1.165, 1.54) is 19.3 Å². The number of ketones is 1. The van der Waals surface area contributed by atoms with Crippen molar-refractivity contribution in [1.82, 2.24) is 4.98 Å². The Morgan fingerprint density at radius 3 is 2.59 bits per heavy atom. The molecule has 1 aromatic rings. The molecule has 17 heavy (non-hydrogen) atoms. The van der Waals surface area contributed by atoms with Crippen molar-refractivity contribution in [1.29, 1.82) is 0 Å². The van der Waals surface area contributed by atoms with Crippen LogP contribution in [-0.2, 0) is 0 Å². The minimum atomic E-state index is 0.181. The number of hydrogen-bond acceptors (Lipinski definition) is 3. The maximum absolute atomic E-state index is 11.7. The van der Waals surface area contributed by atoms with E-state index in [-0.39, 0.29) is 5.78 Å². The van der Waals surface area contributed by atoms with Gasteiger partial charge in [-0.25, -0.2) is 4.98 Å². The normalized spacial score (nSPS) is 16.0. The third kappa shape index (κ3) is 2.65. The second-order valence-corrected chi connectivity index (χ2v) is 4.63. The molecule has 1 aromatic heterocycles. The van der Waals surface area contributed by atoms with Gasteiger partial charge in [0, 0.05) is 25.1 Å². The Hall–Kier alpha value is -1.38. The lowest BCUT2D eigenvalue weighted by Crippen LogP contribution is -2.30. The van der Waals surface area contributed by atoms with Gasteiger partial charge < -0.3 is 4.90 Å². The van der Waals surface area contributed by atoms with Crippen molar-refractivity contribution in [2.24, 2.45) is 0 Å². The van der Waals surface area contributed by atoms with Gasteiger partial charge in [0.2, 0.25) is 0 Å². The molecule has 0 aliphatic carbocycles. The molecule has 0 bridgehead atoms. The van der Waals surface area contributed by atoms with Crippen LogP contribution >= 0.6 is 0 Å². The maximum Gasteiger partial charge on any atom is 0.164 e. The lowest BCUT2D eigenvalue weighted by atomic mass is 10.1. The van der Waals surface area contributed by atoms with Crippen molar-refractivity contribution in [3.63, 3.8) is 0 Å². The van der Waals surface area contributed by atoms with Crippen LogP contribution in [0.1, 0.15) is 48.7 Å². The molecule has 0 unspecified atom stereocenters. The van der Waals surface area contributed by atoms with E-state index in [1.807, 2.05) is 26.0 Å². The van der Waals surface area contributed by atoms with Crippen LogP contribution in [0.2, 0.25) is 0 Å². The third-order valence-electron chi connectivity index (χ3n) is 3.37. The van der Waals surface area contributed by atoms with Crippen LogP contribution < -0.4 is 4.90 Å². The number of carbonyl (C=O) groups is 1. The van der Waals surface area contributed by atoms with Crippen LogP contribution in [-0.4, -0.2) is 23.9 Å². The molecule has 92 valence electrons. The molecular weight excluding hydrogens is 212 g/mol. The summed E-state index contributed by atoms with van der Waals surface area (Å²) in [5, 5.41) is 0. The summed E-state index contributed by atoms with van der Waals surface area (Å²) in [6.45, 7) is 6.00. The smallest absolute Gasteiger partial charge is 0.164 e. The van der Waals surface area contributed by atoms with E-state index < -0.39 is 0 Å². The Bertz CT molecular complexity index is 409. The monoisotopic (exact) mass is 232 g/mol. The number of hydrogen-bond donors (Lipinski definition) is 0. The molecule has 0 atom stereocenters. The second-order valence-electron chi connectivity index (χ2n) is 4.63. The van der Waals surface area contributed by atoms with Crippen LogP contribution in [0.3, 0.4) is 0 Å². The maximum atomic E-state index is 11.7. The number of aryl methyl sites for hydroxylation is 1. The average Bonchev–Trinajstić information content (AvgIpc) is 2.39. The van der Waals surface area contributed by atoms with Crippen LogP contribution in [0, 0.1) is 6.92 Å². The number of aromatic nitrogens is 1.